The van der Waals surface area contributed by atoms with Crippen molar-refractivity contribution >= 4 is 41.2 Å². The van der Waals surface area contributed by atoms with Gasteiger partial charge in [0, 0.05) is 17.3 Å². The molecule has 0 aromatic heterocycles. The SMILES string of the molecule is CCCNC(=O)C(=O)N/N=C\c1ccc(OCC(=O)Nc2cccc(Cl)c2C)c(OCC)c1. The second kappa shape index (κ2) is 13.1. The van der Waals surface area contributed by atoms with Crippen LogP contribution in [0.2, 0.25) is 5.02 Å². The molecule has 0 saturated carbocycles. The average Bonchev–Trinajstić information content (AvgIpc) is 2.80. The van der Waals surface area contributed by atoms with E-state index >= 15 is 0 Å². The second-order valence-corrected chi connectivity index (χ2v) is 7.25. The zero-order chi connectivity index (χ0) is 24.2. The highest BCUT2D eigenvalue weighted by molar-refractivity contribution is 6.35. The summed E-state index contributed by atoms with van der Waals surface area (Å²) in [5.74, 6) is -1.18. The van der Waals surface area contributed by atoms with Crippen LogP contribution in [0.3, 0.4) is 0 Å². The lowest BCUT2D eigenvalue weighted by Crippen LogP contribution is -2.38. The van der Waals surface area contributed by atoms with E-state index in [1.165, 1.54) is 6.21 Å². The van der Waals surface area contributed by atoms with E-state index in [1.807, 2.05) is 20.8 Å². The van der Waals surface area contributed by atoms with Crippen LogP contribution >= 0.6 is 11.6 Å². The third kappa shape index (κ3) is 8.12. The number of rotatable bonds is 10. The molecule has 33 heavy (non-hydrogen) atoms. The number of anilines is 1. The third-order valence-corrected chi connectivity index (χ3v) is 4.70. The number of ether oxygens (including phenoxy) is 2. The van der Waals surface area contributed by atoms with Crippen molar-refractivity contribution in [3.05, 3.63) is 52.5 Å². The normalized spacial score (nSPS) is 10.5. The van der Waals surface area contributed by atoms with Crippen LogP contribution in [-0.2, 0) is 14.4 Å². The Morgan fingerprint density at radius 2 is 1.85 bits per heavy atom. The first-order chi connectivity index (χ1) is 15.8. The Bertz CT molecular complexity index is 1030. The fourth-order valence-corrected chi connectivity index (χ4v) is 2.77. The maximum Gasteiger partial charge on any atom is 0.329 e. The number of benzene rings is 2. The molecule has 9 nitrogen and oxygen atoms in total. The number of halogens is 1. The fourth-order valence-electron chi connectivity index (χ4n) is 2.60. The van der Waals surface area contributed by atoms with Crippen LogP contribution in [0.25, 0.3) is 0 Å². The summed E-state index contributed by atoms with van der Waals surface area (Å²) in [6.07, 6.45) is 2.09. The lowest BCUT2D eigenvalue weighted by Gasteiger charge is -2.13. The molecule has 176 valence electrons. The predicted octanol–water partition coefficient (Wildman–Crippen LogP) is 3.04. The minimum Gasteiger partial charge on any atom is -0.490 e. The van der Waals surface area contributed by atoms with E-state index in [2.05, 4.69) is 21.2 Å². The second-order valence-electron chi connectivity index (χ2n) is 6.84. The highest BCUT2D eigenvalue weighted by atomic mass is 35.5. The van der Waals surface area contributed by atoms with Gasteiger partial charge in [0.1, 0.15) is 0 Å². The Hall–Kier alpha value is -3.59. The van der Waals surface area contributed by atoms with Gasteiger partial charge < -0.3 is 20.1 Å². The topological polar surface area (TPSA) is 118 Å². The molecule has 3 N–H and O–H groups in total. The van der Waals surface area contributed by atoms with Gasteiger partial charge >= 0.3 is 11.8 Å². The van der Waals surface area contributed by atoms with Crippen LogP contribution in [0, 0.1) is 6.92 Å². The van der Waals surface area contributed by atoms with Gasteiger partial charge in [-0.15, -0.1) is 0 Å². The van der Waals surface area contributed by atoms with Crippen molar-refractivity contribution in [3.63, 3.8) is 0 Å². The first-order valence-corrected chi connectivity index (χ1v) is 10.8. The number of carbonyl (C=O) groups is 3. The number of amides is 3. The maximum absolute atomic E-state index is 12.3. The van der Waals surface area contributed by atoms with Gasteiger partial charge in [0.05, 0.1) is 12.8 Å². The van der Waals surface area contributed by atoms with Gasteiger partial charge in [0.2, 0.25) is 0 Å². The predicted molar refractivity (Wildman–Crippen MR) is 127 cm³/mol. The molecule has 0 aliphatic heterocycles. The molecule has 0 unspecified atom stereocenters. The van der Waals surface area contributed by atoms with Gasteiger partial charge in [-0.1, -0.05) is 24.6 Å². The van der Waals surface area contributed by atoms with Gasteiger partial charge in [-0.3, -0.25) is 14.4 Å². The number of hydrazone groups is 1. The minimum absolute atomic E-state index is 0.234. The molecule has 3 amide bonds. The number of nitrogens with one attached hydrogen (secondary N) is 3. The summed E-state index contributed by atoms with van der Waals surface area (Å²) in [7, 11) is 0. The number of carbonyl (C=O) groups excluding carboxylic acids is 3. The Labute approximate surface area is 197 Å². The summed E-state index contributed by atoms with van der Waals surface area (Å²) < 4.78 is 11.2. The van der Waals surface area contributed by atoms with Crippen LogP contribution < -0.4 is 25.5 Å². The van der Waals surface area contributed by atoms with E-state index in [0.717, 1.165) is 12.0 Å². The van der Waals surface area contributed by atoms with Crippen molar-refractivity contribution in [1.29, 1.82) is 0 Å². The third-order valence-electron chi connectivity index (χ3n) is 4.29. The number of hydrogen-bond acceptors (Lipinski definition) is 6. The molecule has 10 heteroatoms. The molecule has 2 aromatic carbocycles. The van der Waals surface area contributed by atoms with E-state index in [-0.39, 0.29) is 12.5 Å². The van der Waals surface area contributed by atoms with Gasteiger partial charge in [-0.2, -0.15) is 5.10 Å². The molecule has 0 fully saturated rings. The molecule has 0 radical (unpaired) electrons. The molecule has 0 aliphatic carbocycles. The van der Waals surface area contributed by atoms with E-state index in [9.17, 15) is 14.4 Å². The van der Waals surface area contributed by atoms with Crippen molar-refractivity contribution in [3.8, 4) is 11.5 Å². The van der Waals surface area contributed by atoms with Crippen molar-refractivity contribution < 1.29 is 23.9 Å². The Morgan fingerprint density at radius 1 is 1.06 bits per heavy atom. The summed E-state index contributed by atoms with van der Waals surface area (Å²) in [5.41, 5.74) is 4.13. The molecule has 2 aromatic rings. The standard InChI is InChI=1S/C23H27ClN4O5/c1-4-11-25-22(30)23(31)28-26-13-16-9-10-19(20(12-16)32-5-2)33-14-21(29)27-18-8-6-7-17(24)15(18)3/h6-10,12-13H,4-5,11,14H2,1-3H3,(H,25,30)(H,27,29)(H,28,31)/b26-13-. The number of nitrogens with zero attached hydrogens (tertiary/aromatic N) is 1. The quantitative estimate of drug-likeness (QED) is 0.278. The maximum atomic E-state index is 12.3. The Morgan fingerprint density at radius 3 is 2.58 bits per heavy atom. The van der Waals surface area contributed by atoms with Crippen LogP contribution in [0.4, 0.5) is 5.69 Å². The largest absolute Gasteiger partial charge is 0.490 e. The van der Waals surface area contributed by atoms with Crippen molar-refractivity contribution in [2.24, 2.45) is 5.10 Å². The molecule has 0 aliphatic rings. The van der Waals surface area contributed by atoms with Crippen LogP contribution in [0.15, 0.2) is 41.5 Å². The monoisotopic (exact) mass is 474 g/mol. The zero-order valence-electron chi connectivity index (χ0n) is 18.7. The highest BCUT2D eigenvalue weighted by Gasteiger charge is 2.12. The molecule has 0 spiro atoms. The molecular formula is C23H27ClN4O5. The average molecular weight is 475 g/mol. The van der Waals surface area contributed by atoms with E-state index in [1.54, 1.807) is 36.4 Å². The first-order valence-electron chi connectivity index (χ1n) is 10.4. The van der Waals surface area contributed by atoms with Crippen LogP contribution in [0.5, 0.6) is 11.5 Å². The van der Waals surface area contributed by atoms with Crippen molar-refractivity contribution in [2.45, 2.75) is 27.2 Å². The van der Waals surface area contributed by atoms with Crippen LogP contribution in [0.1, 0.15) is 31.4 Å². The summed E-state index contributed by atoms with van der Waals surface area (Å²) in [6.45, 7) is 6.06. The van der Waals surface area contributed by atoms with Gasteiger partial charge in [0.25, 0.3) is 5.91 Å². The van der Waals surface area contributed by atoms with Gasteiger partial charge in [0.15, 0.2) is 18.1 Å². The minimum atomic E-state index is -0.856. The fraction of sp³-hybridized carbons (Fsp3) is 0.304. The van der Waals surface area contributed by atoms with Crippen molar-refractivity contribution in [2.75, 3.05) is 25.1 Å². The van der Waals surface area contributed by atoms with E-state index in [0.29, 0.717) is 40.9 Å². The smallest absolute Gasteiger partial charge is 0.329 e. The molecule has 0 atom stereocenters. The Kier molecular flexibility index (Phi) is 10.2. The Balaban J connectivity index is 1.98. The molecular weight excluding hydrogens is 448 g/mol. The van der Waals surface area contributed by atoms with E-state index < -0.39 is 11.8 Å². The summed E-state index contributed by atoms with van der Waals surface area (Å²) in [6, 6.07) is 10.2. The van der Waals surface area contributed by atoms with Crippen LogP contribution in [-0.4, -0.2) is 43.7 Å². The first kappa shape index (κ1) is 25.7. The lowest BCUT2D eigenvalue weighted by molar-refractivity contribution is -0.139. The van der Waals surface area contributed by atoms with E-state index in [4.69, 9.17) is 21.1 Å². The van der Waals surface area contributed by atoms with Gasteiger partial charge in [-0.25, -0.2) is 5.43 Å². The lowest BCUT2D eigenvalue weighted by atomic mass is 10.2. The highest BCUT2D eigenvalue weighted by Crippen LogP contribution is 2.28. The summed E-state index contributed by atoms with van der Waals surface area (Å²) in [5, 5.41) is 9.56. The van der Waals surface area contributed by atoms with Crippen molar-refractivity contribution in [1.82, 2.24) is 10.7 Å². The zero-order valence-corrected chi connectivity index (χ0v) is 19.5. The number of hydrogen-bond donors (Lipinski definition) is 3. The molecule has 0 saturated heterocycles. The summed E-state index contributed by atoms with van der Waals surface area (Å²) >= 11 is 6.08. The summed E-state index contributed by atoms with van der Waals surface area (Å²) in [4.78, 5) is 35.5. The molecule has 0 heterocycles. The molecule has 2 rings (SSSR count). The van der Waals surface area contributed by atoms with Gasteiger partial charge in [-0.05, 0) is 61.7 Å². The molecule has 0 bridgehead atoms.